The summed E-state index contributed by atoms with van der Waals surface area (Å²) < 4.78 is 5.10. The van der Waals surface area contributed by atoms with Crippen LogP contribution in [-0.2, 0) is 9.53 Å². The van der Waals surface area contributed by atoms with Crippen molar-refractivity contribution in [1.29, 1.82) is 0 Å². The first-order chi connectivity index (χ1) is 11.8. The number of hydrogen-bond donors (Lipinski definition) is 2. The summed E-state index contributed by atoms with van der Waals surface area (Å²) in [7, 11) is 3.31. The highest BCUT2D eigenvalue weighted by molar-refractivity contribution is 7.18. The van der Waals surface area contributed by atoms with E-state index in [4.69, 9.17) is 4.74 Å². The number of esters is 1. The molecule has 1 aliphatic heterocycles. The highest BCUT2D eigenvalue weighted by atomic mass is 32.1. The molecule has 1 fully saturated rings. The molecular formula is C17H26N3O4S+. The molecule has 0 aliphatic carbocycles. The van der Waals surface area contributed by atoms with Gasteiger partial charge < -0.3 is 19.9 Å². The lowest BCUT2D eigenvalue weighted by molar-refractivity contribution is -0.878. The molecule has 1 aromatic heterocycles. The Kier molecular flexibility index (Phi) is 6.55. The van der Waals surface area contributed by atoms with Crippen molar-refractivity contribution in [3.63, 3.8) is 0 Å². The molecule has 1 saturated heterocycles. The highest BCUT2D eigenvalue weighted by Crippen LogP contribution is 2.34. The molecule has 0 aromatic carbocycles. The zero-order valence-electron chi connectivity index (χ0n) is 15.2. The number of hydrogen-bond acceptors (Lipinski definition) is 5. The average Bonchev–Trinajstić information content (AvgIpc) is 3.14. The van der Waals surface area contributed by atoms with Gasteiger partial charge in [-0.25, -0.2) is 4.79 Å². The van der Waals surface area contributed by atoms with Gasteiger partial charge in [0.1, 0.15) is 5.00 Å². The molecule has 138 valence electrons. The predicted molar refractivity (Wildman–Crippen MR) is 96.5 cm³/mol. The van der Waals surface area contributed by atoms with Crippen LogP contribution in [0.5, 0.6) is 0 Å². The van der Waals surface area contributed by atoms with E-state index >= 15 is 0 Å². The third kappa shape index (κ3) is 4.58. The molecule has 2 heterocycles. The van der Waals surface area contributed by atoms with Gasteiger partial charge in [0.2, 0.25) is 0 Å². The van der Waals surface area contributed by atoms with Crippen LogP contribution in [0.2, 0.25) is 0 Å². The van der Waals surface area contributed by atoms with Crippen LogP contribution in [0.4, 0.5) is 5.00 Å². The Morgan fingerprint density at radius 2 is 1.88 bits per heavy atom. The van der Waals surface area contributed by atoms with E-state index in [1.54, 1.807) is 27.9 Å². The fourth-order valence-electron chi connectivity index (χ4n) is 2.91. The Hall–Kier alpha value is -1.93. The number of nitrogens with one attached hydrogen (secondary N) is 2. The number of amides is 2. The molecule has 1 aromatic rings. The first-order valence-electron chi connectivity index (χ1n) is 8.50. The summed E-state index contributed by atoms with van der Waals surface area (Å²) in [6.45, 7) is 6.02. The molecular weight excluding hydrogens is 342 g/mol. The number of ether oxygens (including phenoxy) is 1. The number of rotatable bonds is 6. The van der Waals surface area contributed by atoms with Crippen LogP contribution < -0.4 is 10.2 Å². The van der Waals surface area contributed by atoms with Crippen LogP contribution in [0.3, 0.4) is 0 Å². The maximum absolute atomic E-state index is 12.4. The normalized spacial score (nSPS) is 14.4. The van der Waals surface area contributed by atoms with E-state index in [1.165, 1.54) is 9.80 Å². The lowest BCUT2D eigenvalue weighted by Gasteiger charge is -2.12. The van der Waals surface area contributed by atoms with Crippen LogP contribution in [0.25, 0.3) is 0 Å². The van der Waals surface area contributed by atoms with Crippen molar-refractivity contribution in [3.05, 3.63) is 16.0 Å². The van der Waals surface area contributed by atoms with Crippen LogP contribution >= 0.6 is 11.3 Å². The van der Waals surface area contributed by atoms with Gasteiger partial charge in [0.25, 0.3) is 11.8 Å². The fourth-order valence-corrected chi connectivity index (χ4v) is 4.14. The van der Waals surface area contributed by atoms with Crippen LogP contribution in [0.15, 0.2) is 0 Å². The van der Waals surface area contributed by atoms with Gasteiger partial charge in [-0.05, 0) is 19.4 Å². The van der Waals surface area contributed by atoms with Gasteiger partial charge >= 0.3 is 5.97 Å². The predicted octanol–water partition coefficient (Wildman–Crippen LogP) is 0.552. The summed E-state index contributed by atoms with van der Waals surface area (Å²) in [5.41, 5.74) is 0.827. The third-order valence-corrected chi connectivity index (χ3v) is 5.40. The smallest absolute Gasteiger partial charge is 0.341 e. The molecule has 0 bridgehead atoms. The SMILES string of the molecule is CCOC(=O)c1c(NC(=O)C[NH+]2CCCC2)sc(C(=O)N(C)C)c1C. The van der Waals surface area contributed by atoms with Crippen molar-refractivity contribution in [1.82, 2.24) is 4.90 Å². The van der Waals surface area contributed by atoms with Gasteiger partial charge in [0.05, 0.1) is 30.1 Å². The number of carbonyl (C=O) groups is 3. The monoisotopic (exact) mass is 368 g/mol. The van der Waals surface area contributed by atoms with E-state index in [1.807, 2.05) is 0 Å². The summed E-state index contributed by atoms with van der Waals surface area (Å²) in [6.07, 6.45) is 2.27. The summed E-state index contributed by atoms with van der Waals surface area (Å²) in [4.78, 5) is 40.2. The number of anilines is 1. The van der Waals surface area contributed by atoms with E-state index in [0.29, 0.717) is 22.0 Å². The second-order valence-corrected chi connectivity index (χ2v) is 7.38. The Labute approximate surface area is 151 Å². The van der Waals surface area contributed by atoms with Gasteiger partial charge in [-0.15, -0.1) is 11.3 Å². The first kappa shape index (κ1) is 19.4. The molecule has 0 atom stereocenters. The van der Waals surface area contributed by atoms with Crippen molar-refractivity contribution in [2.75, 3.05) is 45.7 Å². The Morgan fingerprint density at radius 1 is 1.24 bits per heavy atom. The summed E-state index contributed by atoms with van der Waals surface area (Å²) >= 11 is 1.13. The zero-order chi connectivity index (χ0) is 18.6. The van der Waals surface area contributed by atoms with Crippen LogP contribution in [0.1, 0.15) is 45.4 Å². The second-order valence-electron chi connectivity index (χ2n) is 6.36. The molecule has 0 unspecified atom stereocenters. The number of carbonyl (C=O) groups excluding carboxylic acids is 3. The van der Waals surface area contributed by atoms with Gasteiger partial charge in [-0.1, -0.05) is 0 Å². The molecule has 1 aliphatic rings. The summed E-state index contributed by atoms with van der Waals surface area (Å²) in [5.74, 6) is -0.857. The Balaban J connectivity index is 2.27. The molecule has 0 saturated carbocycles. The zero-order valence-corrected chi connectivity index (χ0v) is 16.0. The van der Waals surface area contributed by atoms with Gasteiger partial charge in [0, 0.05) is 26.9 Å². The summed E-state index contributed by atoms with van der Waals surface area (Å²) in [5, 5.41) is 3.21. The lowest BCUT2D eigenvalue weighted by Crippen LogP contribution is -3.11. The van der Waals surface area contributed by atoms with Crippen molar-refractivity contribution in [3.8, 4) is 0 Å². The Bertz CT molecular complexity index is 663. The molecule has 0 radical (unpaired) electrons. The van der Waals surface area contributed by atoms with E-state index in [0.717, 1.165) is 37.3 Å². The molecule has 2 rings (SSSR count). The van der Waals surface area contributed by atoms with E-state index in [-0.39, 0.29) is 24.0 Å². The number of likely N-dealkylation sites (tertiary alicyclic amines) is 1. The minimum absolute atomic E-state index is 0.146. The topological polar surface area (TPSA) is 80.1 Å². The minimum atomic E-state index is -0.516. The number of nitrogens with zero attached hydrogens (tertiary/aromatic N) is 1. The van der Waals surface area contributed by atoms with Crippen LogP contribution in [-0.4, -0.2) is 63.0 Å². The van der Waals surface area contributed by atoms with Gasteiger partial charge in [-0.3, -0.25) is 9.59 Å². The van der Waals surface area contributed by atoms with Gasteiger partial charge in [-0.2, -0.15) is 0 Å². The Morgan fingerprint density at radius 3 is 2.44 bits per heavy atom. The first-order valence-corrected chi connectivity index (χ1v) is 9.32. The van der Waals surface area contributed by atoms with Crippen molar-refractivity contribution in [2.24, 2.45) is 0 Å². The van der Waals surface area contributed by atoms with Gasteiger partial charge in [0.15, 0.2) is 6.54 Å². The largest absolute Gasteiger partial charge is 0.462 e. The minimum Gasteiger partial charge on any atom is -0.462 e. The molecule has 2 amide bonds. The van der Waals surface area contributed by atoms with E-state index in [9.17, 15) is 14.4 Å². The van der Waals surface area contributed by atoms with Crippen molar-refractivity contribution < 1.29 is 24.0 Å². The molecule has 2 N–H and O–H groups in total. The average molecular weight is 368 g/mol. The van der Waals surface area contributed by atoms with E-state index in [2.05, 4.69) is 5.32 Å². The number of thiophene rings is 1. The third-order valence-electron chi connectivity index (χ3n) is 4.20. The highest BCUT2D eigenvalue weighted by Gasteiger charge is 2.28. The number of quaternary nitrogens is 1. The molecule has 8 heteroatoms. The second kappa shape index (κ2) is 8.44. The maximum atomic E-state index is 12.4. The molecule has 0 spiro atoms. The standard InChI is InChI=1S/C17H25N3O4S/c1-5-24-17(23)13-11(2)14(16(22)19(3)4)25-15(13)18-12(21)10-20-8-6-7-9-20/h5-10H2,1-4H3,(H,18,21)/p+1. The maximum Gasteiger partial charge on any atom is 0.341 e. The van der Waals surface area contributed by atoms with Crippen molar-refractivity contribution >= 4 is 34.1 Å². The molecule has 25 heavy (non-hydrogen) atoms. The van der Waals surface area contributed by atoms with Crippen molar-refractivity contribution in [2.45, 2.75) is 26.7 Å². The molecule has 7 nitrogen and oxygen atoms in total. The fraction of sp³-hybridized carbons (Fsp3) is 0.588. The summed E-state index contributed by atoms with van der Waals surface area (Å²) in [6, 6.07) is 0. The quantitative estimate of drug-likeness (QED) is 0.719. The lowest BCUT2D eigenvalue weighted by atomic mass is 10.1. The van der Waals surface area contributed by atoms with Crippen LogP contribution in [0, 0.1) is 6.92 Å². The van der Waals surface area contributed by atoms with E-state index < -0.39 is 5.97 Å².